The molecule has 3 nitrogen and oxygen atoms in total. The van der Waals surface area contributed by atoms with Gasteiger partial charge in [0, 0.05) is 17.0 Å². The summed E-state index contributed by atoms with van der Waals surface area (Å²) in [4.78, 5) is 4.36. The van der Waals surface area contributed by atoms with Crippen LogP contribution in [-0.4, -0.2) is 18.1 Å². The van der Waals surface area contributed by atoms with E-state index in [1.165, 1.54) is 0 Å². The van der Waals surface area contributed by atoms with Crippen molar-refractivity contribution >= 4 is 16.6 Å². The van der Waals surface area contributed by atoms with E-state index in [0.717, 1.165) is 28.8 Å². The Morgan fingerprint density at radius 1 is 1.39 bits per heavy atom. The summed E-state index contributed by atoms with van der Waals surface area (Å²) in [5, 5.41) is 5.32. The molecule has 0 aliphatic carbocycles. The molecule has 18 heavy (non-hydrogen) atoms. The van der Waals surface area contributed by atoms with Crippen molar-refractivity contribution in [3.8, 4) is 18.1 Å². The Kier molecular flexibility index (Phi) is 3.69. The number of methoxy groups -OCH3 is 1. The van der Waals surface area contributed by atoms with Gasteiger partial charge in [0.1, 0.15) is 11.6 Å². The summed E-state index contributed by atoms with van der Waals surface area (Å²) in [6.07, 6.45) is 8.09. The van der Waals surface area contributed by atoms with Crippen LogP contribution in [0.4, 0.5) is 5.82 Å². The lowest BCUT2D eigenvalue weighted by molar-refractivity contribution is 0.420. The monoisotopic (exact) mass is 240 g/mol. The van der Waals surface area contributed by atoms with Gasteiger partial charge in [0.05, 0.1) is 13.2 Å². The SMILES string of the molecule is C#CC(CC)Nc1nccc2c(OC)cccc12. The van der Waals surface area contributed by atoms with Crippen molar-refractivity contribution in [1.82, 2.24) is 4.98 Å². The van der Waals surface area contributed by atoms with Gasteiger partial charge in [-0.25, -0.2) is 4.98 Å². The summed E-state index contributed by atoms with van der Waals surface area (Å²) in [7, 11) is 1.67. The molecular formula is C15H16N2O. The van der Waals surface area contributed by atoms with Crippen LogP contribution in [0.5, 0.6) is 5.75 Å². The molecule has 2 rings (SSSR count). The number of hydrogen-bond acceptors (Lipinski definition) is 3. The van der Waals surface area contributed by atoms with Crippen molar-refractivity contribution in [1.29, 1.82) is 0 Å². The Morgan fingerprint density at radius 3 is 2.89 bits per heavy atom. The van der Waals surface area contributed by atoms with Gasteiger partial charge in [-0.1, -0.05) is 25.0 Å². The third kappa shape index (κ3) is 2.23. The van der Waals surface area contributed by atoms with Crippen LogP contribution in [0, 0.1) is 12.3 Å². The van der Waals surface area contributed by atoms with Crippen LogP contribution in [-0.2, 0) is 0 Å². The molecule has 1 N–H and O–H groups in total. The largest absolute Gasteiger partial charge is 0.496 e. The number of benzene rings is 1. The minimum atomic E-state index is -0.00528. The average molecular weight is 240 g/mol. The average Bonchev–Trinajstić information content (AvgIpc) is 2.44. The van der Waals surface area contributed by atoms with E-state index in [2.05, 4.69) is 16.2 Å². The topological polar surface area (TPSA) is 34.2 Å². The molecule has 3 heteroatoms. The smallest absolute Gasteiger partial charge is 0.134 e. The first kappa shape index (κ1) is 12.3. The number of ether oxygens (including phenoxy) is 1. The maximum atomic E-state index is 5.47. The second-order valence-corrected chi connectivity index (χ2v) is 3.99. The normalized spacial score (nSPS) is 11.8. The number of terminal acetylenes is 1. The van der Waals surface area contributed by atoms with E-state index in [4.69, 9.17) is 11.2 Å². The molecule has 0 saturated carbocycles. The fourth-order valence-electron chi connectivity index (χ4n) is 1.90. The summed E-state index contributed by atoms with van der Waals surface area (Å²) in [6, 6.07) is 7.83. The lowest BCUT2D eigenvalue weighted by Crippen LogP contribution is -2.16. The molecule has 0 saturated heterocycles. The van der Waals surface area contributed by atoms with Gasteiger partial charge in [0.15, 0.2) is 0 Å². The Labute approximate surface area is 107 Å². The Hall–Kier alpha value is -2.21. The van der Waals surface area contributed by atoms with Crippen LogP contribution < -0.4 is 10.1 Å². The highest BCUT2D eigenvalue weighted by Gasteiger charge is 2.08. The summed E-state index contributed by atoms with van der Waals surface area (Å²) >= 11 is 0. The van der Waals surface area contributed by atoms with Crippen LogP contribution >= 0.6 is 0 Å². The van der Waals surface area contributed by atoms with Gasteiger partial charge in [-0.15, -0.1) is 6.42 Å². The summed E-state index contributed by atoms with van der Waals surface area (Å²) in [6.45, 7) is 2.04. The number of anilines is 1. The second-order valence-electron chi connectivity index (χ2n) is 3.99. The van der Waals surface area contributed by atoms with E-state index >= 15 is 0 Å². The summed E-state index contributed by atoms with van der Waals surface area (Å²) in [5.41, 5.74) is 0. The third-order valence-electron chi connectivity index (χ3n) is 2.91. The fourth-order valence-corrected chi connectivity index (χ4v) is 1.90. The zero-order valence-corrected chi connectivity index (χ0v) is 10.6. The van der Waals surface area contributed by atoms with Crippen LogP contribution in [0.2, 0.25) is 0 Å². The minimum absolute atomic E-state index is 0.00528. The third-order valence-corrected chi connectivity index (χ3v) is 2.91. The number of nitrogens with one attached hydrogen (secondary N) is 1. The van der Waals surface area contributed by atoms with Crippen LogP contribution in [0.1, 0.15) is 13.3 Å². The highest BCUT2D eigenvalue weighted by molar-refractivity contribution is 5.95. The maximum absolute atomic E-state index is 5.47. The fraction of sp³-hybridized carbons (Fsp3) is 0.267. The predicted molar refractivity (Wildman–Crippen MR) is 74.8 cm³/mol. The van der Waals surface area contributed by atoms with E-state index in [1.807, 2.05) is 31.2 Å². The lowest BCUT2D eigenvalue weighted by atomic mass is 10.1. The molecule has 1 unspecified atom stereocenters. The molecule has 0 spiro atoms. The predicted octanol–water partition coefficient (Wildman–Crippen LogP) is 3.07. The molecule has 1 aromatic carbocycles. The zero-order chi connectivity index (χ0) is 13.0. The lowest BCUT2D eigenvalue weighted by Gasteiger charge is -2.14. The highest BCUT2D eigenvalue weighted by atomic mass is 16.5. The number of hydrogen-bond donors (Lipinski definition) is 1. The molecule has 0 amide bonds. The summed E-state index contributed by atoms with van der Waals surface area (Å²) < 4.78 is 5.34. The molecule has 0 radical (unpaired) electrons. The van der Waals surface area contributed by atoms with Crippen LogP contribution in [0.15, 0.2) is 30.5 Å². The van der Waals surface area contributed by atoms with Crippen molar-refractivity contribution in [2.75, 3.05) is 12.4 Å². The van der Waals surface area contributed by atoms with Gasteiger partial charge in [0.25, 0.3) is 0 Å². The molecular weight excluding hydrogens is 224 g/mol. The van der Waals surface area contributed by atoms with Crippen molar-refractivity contribution in [2.24, 2.45) is 0 Å². The van der Waals surface area contributed by atoms with Crippen molar-refractivity contribution in [3.05, 3.63) is 30.5 Å². The molecule has 0 aliphatic heterocycles. The van der Waals surface area contributed by atoms with Gasteiger partial charge in [-0.2, -0.15) is 0 Å². The van der Waals surface area contributed by atoms with Gasteiger partial charge < -0.3 is 10.1 Å². The highest BCUT2D eigenvalue weighted by Crippen LogP contribution is 2.29. The first-order valence-corrected chi connectivity index (χ1v) is 5.94. The standard InChI is InChI=1S/C15H16N2O/c1-4-11(5-2)17-15-13-7-6-8-14(18-3)12(13)9-10-16-15/h1,6-11H,5H2,2-3H3,(H,16,17). The number of rotatable bonds is 4. The van der Waals surface area contributed by atoms with Crippen molar-refractivity contribution < 1.29 is 4.74 Å². The molecule has 2 aromatic rings. The van der Waals surface area contributed by atoms with Crippen molar-refractivity contribution in [3.63, 3.8) is 0 Å². The van der Waals surface area contributed by atoms with Gasteiger partial charge >= 0.3 is 0 Å². The summed E-state index contributed by atoms with van der Waals surface area (Å²) in [5.74, 6) is 4.35. The number of aromatic nitrogens is 1. The first-order chi connectivity index (χ1) is 8.80. The number of pyridine rings is 1. The van der Waals surface area contributed by atoms with E-state index in [0.29, 0.717) is 0 Å². The van der Waals surface area contributed by atoms with E-state index in [1.54, 1.807) is 13.3 Å². The minimum Gasteiger partial charge on any atom is -0.496 e. The molecule has 1 aromatic heterocycles. The molecule has 0 bridgehead atoms. The molecule has 1 atom stereocenters. The van der Waals surface area contributed by atoms with E-state index in [-0.39, 0.29) is 6.04 Å². The number of fused-ring (bicyclic) bond motifs is 1. The number of nitrogens with zero attached hydrogens (tertiary/aromatic N) is 1. The quantitative estimate of drug-likeness (QED) is 0.834. The Morgan fingerprint density at radius 2 is 2.22 bits per heavy atom. The van der Waals surface area contributed by atoms with Gasteiger partial charge in [-0.05, 0) is 18.6 Å². The molecule has 92 valence electrons. The van der Waals surface area contributed by atoms with Crippen LogP contribution in [0.3, 0.4) is 0 Å². The molecule has 0 fully saturated rings. The molecule has 1 heterocycles. The van der Waals surface area contributed by atoms with E-state index in [9.17, 15) is 0 Å². The van der Waals surface area contributed by atoms with Crippen molar-refractivity contribution in [2.45, 2.75) is 19.4 Å². The Bertz CT molecular complexity index is 587. The molecule has 0 aliphatic rings. The van der Waals surface area contributed by atoms with Gasteiger partial charge in [0.2, 0.25) is 0 Å². The second kappa shape index (κ2) is 5.42. The van der Waals surface area contributed by atoms with Gasteiger partial charge in [-0.3, -0.25) is 0 Å². The van der Waals surface area contributed by atoms with E-state index < -0.39 is 0 Å². The zero-order valence-electron chi connectivity index (χ0n) is 10.6. The van der Waals surface area contributed by atoms with Crippen LogP contribution in [0.25, 0.3) is 10.8 Å². The maximum Gasteiger partial charge on any atom is 0.134 e. The first-order valence-electron chi connectivity index (χ1n) is 5.94. The Balaban J connectivity index is 2.49.